The van der Waals surface area contributed by atoms with E-state index in [0.717, 1.165) is 17.2 Å². The zero-order valence-electron chi connectivity index (χ0n) is 17.6. The molecule has 0 unspecified atom stereocenters. The van der Waals surface area contributed by atoms with Crippen LogP contribution >= 0.6 is 0 Å². The molecule has 0 bridgehead atoms. The Hall–Kier alpha value is -2.69. The first-order chi connectivity index (χ1) is 14.5. The second kappa shape index (κ2) is 8.58. The van der Waals surface area contributed by atoms with Crippen LogP contribution in [0.25, 0.3) is 21.9 Å². The normalized spacial score (nSPS) is 19.3. The molecule has 1 amide bonds. The molecule has 4 rings (SSSR count). The number of piperidine rings is 1. The molecule has 30 heavy (non-hydrogen) atoms. The molecule has 1 saturated heterocycles. The Balaban J connectivity index is 1.69. The van der Waals surface area contributed by atoms with E-state index in [1.54, 1.807) is 4.90 Å². The molecule has 0 spiro atoms. The Morgan fingerprint density at radius 3 is 2.30 bits per heavy atom. The number of aryl methyl sites for hydroxylation is 1. The molecule has 0 radical (unpaired) electrons. The predicted molar refractivity (Wildman–Crippen MR) is 121 cm³/mol. The van der Waals surface area contributed by atoms with Gasteiger partial charge in [-0.2, -0.15) is 0 Å². The summed E-state index contributed by atoms with van der Waals surface area (Å²) < 4.78 is 0. The van der Waals surface area contributed by atoms with E-state index < -0.39 is 0 Å². The van der Waals surface area contributed by atoms with Crippen LogP contribution in [-0.2, 0) is 0 Å². The van der Waals surface area contributed by atoms with Crippen LogP contribution < -0.4 is 0 Å². The first-order valence-electron chi connectivity index (χ1n) is 10.6. The summed E-state index contributed by atoms with van der Waals surface area (Å²) in [6.45, 7) is 5.42. The standard InChI is InChI=1S/C26H29NO3/c1-17-5-3-7-23(18(17)2)25-8-4-6-21-12-22(9-10-24(21)25)26(30)27-13-19(15-28)11-20(14-27)16-29/h3-10,12,19-20,28-29H,11,13-16H2,1-2H3/t19-,20+. The number of likely N-dealkylation sites (tertiary alicyclic amines) is 1. The van der Waals surface area contributed by atoms with Gasteiger partial charge in [0, 0.05) is 43.7 Å². The van der Waals surface area contributed by atoms with E-state index in [9.17, 15) is 15.0 Å². The highest BCUT2D eigenvalue weighted by Gasteiger charge is 2.30. The van der Waals surface area contributed by atoms with Gasteiger partial charge in [0.25, 0.3) is 5.91 Å². The molecular weight excluding hydrogens is 374 g/mol. The van der Waals surface area contributed by atoms with Crippen LogP contribution in [0.5, 0.6) is 0 Å². The Morgan fingerprint density at radius 1 is 0.933 bits per heavy atom. The van der Waals surface area contributed by atoms with Gasteiger partial charge in [0.2, 0.25) is 0 Å². The summed E-state index contributed by atoms with van der Waals surface area (Å²) in [6.07, 6.45) is 0.758. The predicted octanol–water partition coefficient (Wildman–Crippen LogP) is 4.19. The molecule has 1 aliphatic heterocycles. The maximum atomic E-state index is 13.2. The molecule has 0 saturated carbocycles. The highest BCUT2D eigenvalue weighted by Crippen LogP contribution is 2.33. The van der Waals surface area contributed by atoms with E-state index >= 15 is 0 Å². The van der Waals surface area contributed by atoms with Crippen LogP contribution in [0, 0.1) is 25.7 Å². The Morgan fingerprint density at radius 2 is 1.60 bits per heavy atom. The average molecular weight is 404 g/mol. The summed E-state index contributed by atoms with van der Waals surface area (Å²) in [4.78, 5) is 15.0. The molecular formula is C26H29NO3. The van der Waals surface area contributed by atoms with E-state index in [4.69, 9.17) is 0 Å². The van der Waals surface area contributed by atoms with Crippen molar-refractivity contribution in [3.63, 3.8) is 0 Å². The van der Waals surface area contributed by atoms with Gasteiger partial charge in [-0.1, -0.05) is 42.5 Å². The fourth-order valence-electron chi connectivity index (χ4n) is 4.63. The molecule has 1 fully saturated rings. The third-order valence-electron chi connectivity index (χ3n) is 6.45. The van der Waals surface area contributed by atoms with Gasteiger partial charge in [0.1, 0.15) is 0 Å². The topological polar surface area (TPSA) is 60.8 Å². The van der Waals surface area contributed by atoms with E-state index in [-0.39, 0.29) is 31.0 Å². The second-order valence-electron chi connectivity index (χ2n) is 8.53. The number of hydrogen-bond donors (Lipinski definition) is 2. The van der Waals surface area contributed by atoms with Crippen LogP contribution in [0.2, 0.25) is 0 Å². The Labute approximate surface area is 177 Å². The third kappa shape index (κ3) is 3.85. The number of hydrogen-bond acceptors (Lipinski definition) is 3. The van der Waals surface area contributed by atoms with Crippen molar-refractivity contribution in [2.75, 3.05) is 26.3 Å². The average Bonchev–Trinajstić information content (AvgIpc) is 2.79. The van der Waals surface area contributed by atoms with Crippen molar-refractivity contribution in [2.24, 2.45) is 11.8 Å². The zero-order valence-corrected chi connectivity index (χ0v) is 17.6. The molecule has 2 N–H and O–H groups in total. The lowest BCUT2D eigenvalue weighted by Gasteiger charge is -2.36. The highest BCUT2D eigenvalue weighted by molar-refractivity contribution is 6.03. The van der Waals surface area contributed by atoms with Crippen molar-refractivity contribution < 1.29 is 15.0 Å². The molecule has 2 atom stereocenters. The summed E-state index contributed by atoms with van der Waals surface area (Å²) >= 11 is 0. The maximum absolute atomic E-state index is 13.2. The molecule has 1 heterocycles. The number of carbonyl (C=O) groups excluding carboxylic acids is 1. The number of aliphatic hydroxyl groups is 2. The van der Waals surface area contributed by atoms with E-state index in [1.165, 1.54) is 22.3 Å². The largest absolute Gasteiger partial charge is 0.396 e. The van der Waals surface area contributed by atoms with Crippen molar-refractivity contribution in [3.8, 4) is 11.1 Å². The fraction of sp³-hybridized carbons (Fsp3) is 0.346. The molecule has 0 aliphatic carbocycles. The lowest BCUT2D eigenvalue weighted by atomic mass is 9.89. The number of amides is 1. The monoisotopic (exact) mass is 403 g/mol. The number of benzene rings is 3. The Kier molecular flexibility index (Phi) is 5.89. The van der Waals surface area contributed by atoms with Gasteiger partial charge in [-0.05, 0) is 65.4 Å². The summed E-state index contributed by atoms with van der Waals surface area (Å²) in [5, 5.41) is 21.3. The van der Waals surface area contributed by atoms with E-state index in [1.807, 2.05) is 30.3 Å². The molecule has 3 aromatic carbocycles. The minimum absolute atomic E-state index is 0.0243. The SMILES string of the molecule is Cc1cccc(-c2cccc3cc(C(=O)N4C[C@H](CO)C[C@H](CO)C4)ccc23)c1C. The molecule has 4 heteroatoms. The van der Waals surface area contributed by atoms with Gasteiger partial charge in [-0.3, -0.25) is 4.79 Å². The van der Waals surface area contributed by atoms with Gasteiger partial charge < -0.3 is 15.1 Å². The minimum Gasteiger partial charge on any atom is -0.396 e. The van der Waals surface area contributed by atoms with Gasteiger partial charge >= 0.3 is 0 Å². The van der Waals surface area contributed by atoms with Crippen LogP contribution in [0.4, 0.5) is 0 Å². The van der Waals surface area contributed by atoms with Crippen molar-refractivity contribution >= 4 is 16.7 Å². The number of nitrogens with zero attached hydrogens (tertiary/aromatic N) is 1. The van der Waals surface area contributed by atoms with Crippen LogP contribution in [0.1, 0.15) is 27.9 Å². The molecule has 0 aromatic heterocycles. The zero-order chi connectivity index (χ0) is 21.3. The smallest absolute Gasteiger partial charge is 0.253 e. The lowest BCUT2D eigenvalue weighted by molar-refractivity contribution is 0.0415. The minimum atomic E-state index is -0.0364. The van der Waals surface area contributed by atoms with Crippen molar-refractivity contribution in [1.82, 2.24) is 4.90 Å². The molecule has 1 aliphatic rings. The van der Waals surface area contributed by atoms with Gasteiger partial charge in [-0.15, -0.1) is 0 Å². The maximum Gasteiger partial charge on any atom is 0.253 e. The van der Waals surface area contributed by atoms with Crippen molar-refractivity contribution in [2.45, 2.75) is 20.3 Å². The van der Waals surface area contributed by atoms with Crippen molar-refractivity contribution in [3.05, 3.63) is 71.3 Å². The van der Waals surface area contributed by atoms with Gasteiger partial charge in [-0.25, -0.2) is 0 Å². The van der Waals surface area contributed by atoms with Crippen LogP contribution in [0.3, 0.4) is 0 Å². The highest BCUT2D eigenvalue weighted by atomic mass is 16.3. The quantitative estimate of drug-likeness (QED) is 0.687. The second-order valence-corrected chi connectivity index (χ2v) is 8.53. The molecule has 3 aromatic rings. The van der Waals surface area contributed by atoms with Crippen LogP contribution in [0.15, 0.2) is 54.6 Å². The molecule has 156 valence electrons. The Bertz CT molecular complexity index is 1060. The molecule has 4 nitrogen and oxygen atoms in total. The first kappa shape index (κ1) is 20.6. The summed E-state index contributed by atoms with van der Waals surface area (Å²) in [5.74, 6) is 0.0121. The van der Waals surface area contributed by atoms with Gasteiger partial charge in [0.15, 0.2) is 0 Å². The number of aliphatic hydroxyl groups excluding tert-OH is 2. The summed E-state index contributed by atoms with van der Waals surface area (Å²) in [6, 6.07) is 18.5. The van der Waals surface area contributed by atoms with Crippen LogP contribution in [-0.4, -0.2) is 47.3 Å². The van der Waals surface area contributed by atoms with E-state index in [0.29, 0.717) is 18.7 Å². The van der Waals surface area contributed by atoms with E-state index in [2.05, 4.69) is 38.1 Å². The third-order valence-corrected chi connectivity index (χ3v) is 6.45. The number of rotatable bonds is 4. The lowest BCUT2D eigenvalue weighted by Crippen LogP contribution is -2.45. The number of carbonyl (C=O) groups is 1. The summed E-state index contributed by atoms with van der Waals surface area (Å²) in [7, 11) is 0. The first-order valence-corrected chi connectivity index (χ1v) is 10.6. The van der Waals surface area contributed by atoms with Crippen molar-refractivity contribution in [1.29, 1.82) is 0 Å². The fourth-order valence-corrected chi connectivity index (χ4v) is 4.63. The summed E-state index contributed by atoms with van der Waals surface area (Å²) in [5.41, 5.74) is 5.57. The van der Waals surface area contributed by atoms with Gasteiger partial charge in [0.05, 0.1) is 0 Å². The number of fused-ring (bicyclic) bond motifs is 1.